The molecule has 0 rings (SSSR count). The predicted octanol–water partition coefficient (Wildman–Crippen LogP) is 10.0. The monoisotopic (exact) mass is 688 g/mol. The zero-order valence-corrected chi connectivity index (χ0v) is 30.0. The number of hydrogen-bond donors (Lipinski definition) is 0. The molecule has 0 aromatic rings. The molecule has 0 fully saturated rings. The summed E-state index contributed by atoms with van der Waals surface area (Å²) in [4.78, 5) is 0. The maximum absolute atomic E-state index is 2.33. The van der Waals surface area contributed by atoms with E-state index in [1.165, 1.54) is 164 Å². The van der Waals surface area contributed by atoms with Gasteiger partial charge in [0.25, 0.3) is 0 Å². The molecule has 0 radical (unpaired) electrons. The van der Waals surface area contributed by atoms with Crippen molar-refractivity contribution in [3.8, 4) is 0 Å². The van der Waals surface area contributed by atoms with Crippen LogP contribution in [0.25, 0.3) is 0 Å². The van der Waals surface area contributed by atoms with Crippen LogP contribution in [-0.2, 0) is 39.0 Å². The average Bonchev–Trinajstić information content (AvgIpc) is 2.87. The molecule has 0 aromatic heterocycles. The summed E-state index contributed by atoms with van der Waals surface area (Å²) in [6, 6.07) is 0. The fourth-order valence-corrected chi connectivity index (χ4v) is 5.29. The average molecular weight is 687 g/mol. The fraction of sp³-hybridized carbons (Fsp3) is 1.00. The molecule has 4 heteroatoms. The summed E-state index contributed by atoms with van der Waals surface area (Å²) in [5.41, 5.74) is 0. The van der Waals surface area contributed by atoms with E-state index in [0.29, 0.717) is 0 Å². The van der Waals surface area contributed by atoms with Crippen molar-refractivity contribution in [1.29, 1.82) is 0 Å². The van der Waals surface area contributed by atoms with Crippen molar-refractivity contribution in [2.75, 3.05) is 52.4 Å². The molecule has 0 spiro atoms. The maximum atomic E-state index is 2.33. The molecule has 36 heavy (non-hydrogen) atoms. The molecule has 0 aliphatic rings. The van der Waals surface area contributed by atoms with Gasteiger partial charge in [-0.05, 0) is 51.4 Å². The second-order valence-electron chi connectivity index (χ2n) is 11.3. The van der Waals surface area contributed by atoms with Gasteiger partial charge in [-0.15, -0.1) is 0 Å². The minimum absolute atomic E-state index is 0. The quantitative estimate of drug-likeness (QED) is 0.0701. The van der Waals surface area contributed by atoms with Crippen molar-refractivity contribution >= 4 is 0 Å². The first-order chi connectivity index (χ1) is 16.5. The van der Waals surface area contributed by atoms with Crippen molar-refractivity contribution in [2.45, 2.75) is 158 Å². The Balaban J connectivity index is -0.000000269. The van der Waals surface area contributed by atoms with Crippen molar-refractivity contribution in [3.63, 3.8) is 0 Å². The molecular weight excluding hydrogens is 615 g/mol. The third kappa shape index (κ3) is 24.2. The summed E-state index contributed by atoms with van der Waals surface area (Å²) in [5.74, 6) is 0. The second-order valence-corrected chi connectivity index (χ2v) is 11.3. The minimum Gasteiger partial charge on any atom is -0.324 e. The Hall–Kier alpha value is 1.17. The first kappa shape index (κ1) is 44.2. The maximum Gasteiger partial charge on any atom is 2.00 e. The van der Waals surface area contributed by atoms with Crippen molar-refractivity contribution in [3.05, 3.63) is 0 Å². The normalized spacial score (nSPS) is 11.3. The SMILES string of the molecule is CCCC[N+](CCCC)(CCCC)CCCC.CCCC[N+](CCCC)(CCCC)CCCC.[Ru+2].[Ru+2]. The van der Waals surface area contributed by atoms with Gasteiger partial charge in [-0.25, -0.2) is 0 Å². The first-order valence-corrected chi connectivity index (χ1v) is 16.2. The number of unbranched alkanes of at least 4 members (excludes halogenated alkanes) is 8. The Morgan fingerprint density at radius 2 is 0.361 bits per heavy atom. The Kier molecular flexibility index (Phi) is 39.7. The standard InChI is InChI=1S/2C16H36N.2Ru/c2*1-5-9-13-17(14-10-6-2,15-11-7-3)16-12-8-4;;/h2*5-16H2,1-4H3;;/q2*+1;2*+2. The van der Waals surface area contributed by atoms with E-state index in [9.17, 15) is 0 Å². The van der Waals surface area contributed by atoms with Crippen LogP contribution in [0.15, 0.2) is 0 Å². The van der Waals surface area contributed by atoms with E-state index in [1.54, 1.807) is 0 Å². The largest absolute Gasteiger partial charge is 2.00 e. The van der Waals surface area contributed by atoms with Gasteiger partial charge >= 0.3 is 39.0 Å². The molecular formula is C32H72N2Ru2+6. The van der Waals surface area contributed by atoms with Gasteiger partial charge in [0, 0.05) is 0 Å². The number of quaternary nitrogens is 2. The van der Waals surface area contributed by atoms with Crippen LogP contribution < -0.4 is 0 Å². The zero-order valence-electron chi connectivity index (χ0n) is 26.6. The van der Waals surface area contributed by atoms with Crippen LogP contribution in [0.3, 0.4) is 0 Å². The molecule has 0 aliphatic heterocycles. The van der Waals surface area contributed by atoms with Crippen LogP contribution in [-0.4, -0.2) is 61.3 Å². The summed E-state index contributed by atoms with van der Waals surface area (Å²) >= 11 is 0. The van der Waals surface area contributed by atoms with Gasteiger partial charge in [0.2, 0.25) is 0 Å². The van der Waals surface area contributed by atoms with Gasteiger partial charge in [-0.3, -0.25) is 0 Å². The van der Waals surface area contributed by atoms with Gasteiger partial charge in [0.05, 0.1) is 52.4 Å². The van der Waals surface area contributed by atoms with E-state index in [2.05, 4.69) is 55.4 Å². The molecule has 0 amide bonds. The summed E-state index contributed by atoms with van der Waals surface area (Å²) in [7, 11) is 0. The van der Waals surface area contributed by atoms with Crippen LogP contribution in [0.5, 0.6) is 0 Å². The summed E-state index contributed by atoms with van der Waals surface area (Å²) in [6.07, 6.45) is 22.1. The number of nitrogens with zero attached hydrogens (tertiary/aromatic N) is 2. The molecule has 0 atom stereocenters. The van der Waals surface area contributed by atoms with Gasteiger partial charge in [0.15, 0.2) is 0 Å². The molecule has 0 bridgehead atoms. The van der Waals surface area contributed by atoms with Gasteiger partial charge < -0.3 is 8.97 Å². The van der Waals surface area contributed by atoms with Crippen LogP contribution in [0.2, 0.25) is 0 Å². The Bertz CT molecular complexity index is 279. The van der Waals surface area contributed by atoms with E-state index >= 15 is 0 Å². The molecule has 0 heterocycles. The topological polar surface area (TPSA) is 0 Å². The van der Waals surface area contributed by atoms with Crippen molar-refractivity contribution in [1.82, 2.24) is 0 Å². The summed E-state index contributed by atoms with van der Waals surface area (Å²) in [6.45, 7) is 30.0. The molecule has 0 aliphatic carbocycles. The third-order valence-corrected chi connectivity index (χ3v) is 7.89. The van der Waals surface area contributed by atoms with E-state index in [4.69, 9.17) is 0 Å². The Morgan fingerprint density at radius 1 is 0.250 bits per heavy atom. The third-order valence-electron chi connectivity index (χ3n) is 7.89. The van der Waals surface area contributed by atoms with E-state index < -0.39 is 0 Å². The Morgan fingerprint density at radius 3 is 0.444 bits per heavy atom. The molecule has 0 N–H and O–H groups in total. The van der Waals surface area contributed by atoms with Gasteiger partial charge in [-0.2, -0.15) is 0 Å². The van der Waals surface area contributed by atoms with E-state index in [-0.39, 0.29) is 39.0 Å². The van der Waals surface area contributed by atoms with Crippen molar-refractivity contribution in [2.24, 2.45) is 0 Å². The smallest absolute Gasteiger partial charge is 0.324 e. The van der Waals surface area contributed by atoms with Crippen LogP contribution in [0.4, 0.5) is 0 Å². The number of rotatable bonds is 24. The molecule has 0 saturated heterocycles. The van der Waals surface area contributed by atoms with Crippen molar-refractivity contribution < 1.29 is 47.9 Å². The molecule has 0 aromatic carbocycles. The minimum atomic E-state index is 0. The fourth-order valence-electron chi connectivity index (χ4n) is 5.29. The molecule has 220 valence electrons. The Labute approximate surface area is 257 Å². The number of hydrogen-bond acceptors (Lipinski definition) is 0. The summed E-state index contributed by atoms with van der Waals surface area (Å²) < 4.78 is 2.84. The van der Waals surface area contributed by atoms with Crippen LogP contribution in [0.1, 0.15) is 158 Å². The zero-order chi connectivity index (χ0) is 26.0. The first-order valence-electron chi connectivity index (χ1n) is 16.2. The predicted molar refractivity (Wildman–Crippen MR) is 159 cm³/mol. The van der Waals surface area contributed by atoms with E-state index in [0.717, 1.165) is 0 Å². The molecule has 2 nitrogen and oxygen atoms in total. The second kappa shape index (κ2) is 32.4. The summed E-state index contributed by atoms with van der Waals surface area (Å²) in [5, 5.41) is 0. The molecule has 0 saturated carbocycles. The van der Waals surface area contributed by atoms with Crippen LogP contribution >= 0.6 is 0 Å². The van der Waals surface area contributed by atoms with E-state index in [1.807, 2.05) is 0 Å². The molecule has 0 unspecified atom stereocenters. The van der Waals surface area contributed by atoms with Gasteiger partial charge in [0.1, 0.15) is 0 Å². The van der Waals surface area contributed by atoms with Gasteiger partial charge in [-0.1, -0.05) is 107 Å². The van der Waals surface area contributed by atoms with Crippen LogP contribution in [0, 0.1) is 0 Å².